The molecule has 0 atom stereocenters. The van der Waals surface area contributed by atoms with Crippen LogP contribution in [0.1, 0.15) is 111 Å². The fraction of sp³-hybridized carbons (Fsp3) is 0.417. The first-order valence-electron chi connectivity index (χ1n) is 21.1. The van der Waals surface area contributed by atoms with Gasteiger partial charge in [-0.25, -0.2) is 15.5 Å². The van der Waals surface area contributed by atoms with Crippen molar-refractivity contribution in [2.45, 2.75) is 100.0 Å². The number of rotatable bonds is 4. The topological polar surface area (TPSA) is 155 Å². The summed E-state index contributed by atoms with van der Waals surface area (Å²) in [5.41, 5.74) is 10.5. The van der Waals surface area contributed by atoms with E-state index in [1.54, 1.807) is 0 Å². The van der Waals surface area contributed by atoms with E-state index in [-0.39, 0.29) is 47.5 Å². The van der Waals surface area contributed by atoms with Gasteiger partial charge in [0.15, 0.2) is 0 Å². The van der Waals surface area contributed by atoms with Crippen molar-refractivity contribution in [2.75, 3.05) is 26.3 Å². The van der Waals surface area contributed by atoms with Gasteiger partial charge in [-0.05, 0) is 109 Å². The quantitative estimate of drug-likeness (QED) is 0.136. The Balaban J connectivity index is 0.000000172. The summed E-state index contributed by atoms with van der Waals surface area (Å²) in [4.78, 5) is 41.6. The van der Waals surface area contributed by atoms with Crippen molar-refractivity contribution in [3.05, 3.63) is 119 Å². The molecule has 4 aliphatic carbocycles. The minimum absolute atomic E-state index is 0. The molecular formula is C48H55ClN4O7. The number of oxime groups is 1. The lowest BCUT2D eigenvalue weighted by Gasteiger charge is -2.41. The Morgan fingerprint density at radius 1 is 0.583 bits per heavy atom. The lowest BCUT2D eigenvalue weighted by atomic mass is 9.79. The van der Waals surface area contributed by atoms with Crippen LogP contribution >= 0.6 is 12.4 Å². The summed E-state index contributed by atoms with van der Waals surface area (Å²) >= 11 is 0. The van der Waals surface area contributed by atoms with E-state index >= 15 is 0 Å². The van der Waals surface area contributed by atoms with Crippen LogP contribution in [0.5, 0.6) is 0 Å². The van der Waals surface area contributed by atoms with Crippen molar-refractivity contribution >= 4 is 36.1 Å². The molecule has 60 heavy (non-hydrogen) atoms. The van der Waals surface area contributed by atoms with Crippen LogP contribution in [0.4, 0.5) is 9.59 Å². The van der Waals surface area contributed by atoms with Crippen molar-refractivity contribution in [2.24, 2.45) is 11.1 Å². The summed E-state index contributed by atoms with van der Waals surface area (Å²) < 4.78 is 11.8. The summed E-state index contributed by atoms with van der Waals surface area (Å²) in [6.07, 6.45) is 9.57. The number of nitrogens with zero attached hydrogens (tertiary/aromatic N) is 3. The molecular weight excluding hydrogens is 780 g/mol. The van der Waals surface area contributed by atoms with Gasteiger partial charge in [0.05, 0.1) is 5.71 Å². The maximum Gasteiger partial charge on any atom is 0.410 e. The third-order valence-corrected chi connectivity index (χ3v) is 13.9. The molecule has 316 valence electrons. The molecule has 0 unspecified atom stereocenters. The predicted molar refractivity (Wildman–Crippen MR) is 232 cm³/mol. The van der Waals surface area contributed by atoms with E-state index in [4.69, 9.17) is 19.9 Å². The molecule has 2 amide bonds. The Labute approximate surface area is 357 Å². The molecule has 4 N–H and O–H groups in total. The summed E-state index contributed by atoms with van der Waals surface area (Å²) in [6, 6.07) is 33.6. The predicted octanol–water partition coefficient (Wildman–Crippen LogP) is 9.84. The third-order valence-electron chi connectivity index (χ3n) is 13.9. The molecule has 0 radical (unpaired) electrons. The number of ether oxygens (including phenoxy) is 2. The van der Waals surface area contributed by atoms with Crippen molar-refractivity contribution in [3.8, 4) is 22.3 Å². The van der Waals surface area contributed by atoms with Crippen molar-refractivity contribution in [3.63, 3.8) is 0 Å². The van der Waals surface area contributed by atoms with E-state index < -0.39 is 0 Å². The van der Waals surface area contributed by atoms with Gasteiger partial charge in [-0.2, -0.15) is 0 Å². The summed E-state index contributed by atoms with van der Waals surface area (Å²) in [7, 11) is 0. The van der Waals surface area contributed by atoms with Crippen LogP contribution in [-0.4, -0.2) is 81.3 Å². The number of likely N-dealkylation sites (tertiary alicyclic amines) is 2. The van der Waals surface area contributed by atoms with Crippen LogP contribution in [0.3, 0.4) is 0 Å². The van der Waals surface area contributed by atoms with E-state index in [0.717, 1.165) is 83.0 Å². The highest BCUT2D eigenvalue weighted by molar-refractivity contribution is 5.86. The van der Waals surface area contributed by atoms with Gasteiger partial charge in [0.25, 0.3) is 0 Å². The number of fused-ring (bicyclic) bond motifs is 6. The Bertz CT molecular complexity index is 2120. The van der Waals surface area contributed by atoms with Crippen LogP contribution in [0, 0.1) is 0 Å². The SMILES string of the molecule is Cl.NO.O=C(OCC1c2ccccc2-c2ccccc21)N1CCCC12CCC(=NO)CC2.O=C1CCC2(CCCN2C(=O)OCC2c3ccccc3-c3ccccc32)CC1. The normalized spacial score (nSPS) is 20.8. The first kappa shape index (κ1) is 42.9. The van der Waals surface area contributed by atoms with Crippen molar-refractivity contribution < 1.29 is 34.3 Å². The number of hydrogen-bond donors (Lipinski definition) is 3. The second kappa shape index (κ2) is 18.6. The molecule has 4 aromatic rings. The standard InChI is InChI=1S/C24H26N2O3.C24H25NO3.ClH.H3NO/c27-23(26-15-5-12-24(26)13-10-17(25-28)11-14-24)29-16-22-20-8-3-1-6-18(20)19-7-2-4-9-21(19)22;26-17-10-13-24(14-11-17)12-5-15-25(24)23(27)28-16-22-20-8-3-1-6-18(20)19-7-2-4-9-21(19)22;;1-2/h1-4,6-9,22,28H,5,10-16H2;1-4,6-9,22H,5,10-16H2;1H;2H,1H2. The third kappa shape index (κ3) is 8.02. The molecule has 0 bridgehead atoms. The number of carbonyl (C=O) groups excluding carboxylic acids is 3. The molecule has 0 aromatic heterocycles. The van der Waals surface area contributed by atoms with Gasteiger partial charge in [0, 0.05) is 48.8 Å². The average molecular weight is 835 g/mol. The molecule has 4 aromatic carbocycles. The first-order chi connectivity index (χ1) is 28.9. The van der Waals surface area contributed by atoms with Crippen LogP contribution < -0.4 is 5.90 Å². The molecule has 11 nitrogen and oxygen atoms in total. The maximum absolute atomic E-state index is 13.1. The lowest BCUT2D eigenvalue weighted by molar-refractivity contribution is -0.122. The van der Waals surface area contributed by atoms with Crippen LogP contribution in [-0.2, 0) is 14.3 Å². The lowest BCUT2D eigenvalue weighted by Crippen LogP contribution is -2.50. The van der Waals surface area contributed by atoms with E-state index in [2.05, 4.69) is 96.0 Å². The summed E-state index contributed by atoms with van der Waals surface area (Å²) in [5, 5.41) is 18.9. The number of hydrogen-bond acceptors (Lipinski definition) is 9. The van der Waals surface area contributed by atoms with Crippen molar-refractivity contribution in [1.82, 2.24) is 9.80 Å². The molecule has 2 saturated carbocycles. The number of halogens is 1. The van der Waals surface area contributed by atoms with Gasteiger partial charge < -0.3 is 29.7 Å². The van der Waals surface area contributed by atoms with Crippen LogP contribution in [0.2, 0.25) is 0 Å². The highest BCUT2D eigenvalue weighted by Crippen LogP contribution is 2.47. The molecule has 2 saturated heterocycles. The monoisotopic (exact) mass is 834 g/mol. The Morgan fingerprint density at radius 2 is 0.917 bits per heavy atom. The minimum Gasteiger partial charge on any atom is -0.448 e. The molecule has 12 heteroatoms. The fourth-order valence-electron chi connectivity index (χ4n) is 10.9. The van der Waals surface area contributed by atoms with E-state index in [9.17, 15) is 14.4 Å². The van der Waals surface area contributed by atoms with Gasteiger partial charge in [0.2, 0.25) is 0 Å². The Hall–Kier alpha value is -5.23. The van der Waals surface area contributed by atoms with Crippen molar-refractivity contribution in [1.29, 1.82) is 0 Å². The number of ketones is 1. The molecule has 4 fully saturated rings. The molecule has 10 rings (SSSR count). The second-order valence-electron chi connectivity index (χ2n) is 16.8. The number of amides is 2. The molecule has 2 aliphatic heterocycles. The fourth-order valence-corrected chi connectivity index (χ4v) is 10.9. The molecule has 2 heterocycles. The minimum atomic E-state index is -0.214. The second-order valence-corrected chi connectivity index (χ2v) is 16.8. The van der Waals surface area contributed by atoms with E-state index in [0.29, 0.717) is 31.8 Å². The zero-order valence-electron chi connectivity index (χ0n) is 34.0. The smallest absolute Gasteiger partial charge is 0.410 e. The van der Waals surface area contributed by atoms with Gasteiger partial charge in [0.1, 0.15) is 19.0 Å². The van der Waals surface area contributed by atoms with Gasteiger partial charge in [-0.1, -0.05) is 102 Å². The van der Waals surface area contributed by atoms with Crippen LogP contribution in [0.15, 0.2) is 102 Å². The Kier molecular flexibility index (Phi) is 13.3. The zero-order valence-corrected chi connectivity index (χ0v) is 34.8. The van der Waals surface area contributed by atoms with E-state index in [1.807, 2.05) is 21.9 Å². The van der Waals surface area contributed by atoms with Gasteiger partial charge >= 0.3 is 12.2 Å². The molecule has 6 aliphatic rings. The average Bonchev–Trinajstić information content (AvgIpc) is 4.06. The van der Waals surface area contributed by atoms with Gasteiger partial charge in [-0.3, -0.25) is 4.79 Å². The highest BCUT2D eigenvalue weighted by atomic mass is 35.5. The highest BCUT2D eigenvalue weighted by Gasteiger charge is 2.48. The van der Waals surface area contributed by atoms with E-state index in [1.165, 1.54) is 44.5 Å². The maximum atomic E-state index is 13.1. The largest absolute Gasteiger partial charge is 0.448 e. The first-order valence-corrected chi connectivity index (χ1v) is 21.1. The molecule has 2 spiro atoms. The number of benzene rings is 4. The van der Waals surface area contributed by atoms with Gasteiger partial charge in [-0.15, -0.1) is 12.4 Å². The summed E-state index contributed by atoms with van der Waals surface area (Å²) in [6.45, 7) is 2.22. The van der Waals surface area contributed by atoms with Crippen LogP contribution in [0.25, 0.3) is 22.3 Å². The number of nitrogens with two attached hydrogens (primary N) is 1. The number of Topliss-reactive ketones (excluding diaryl/α,β-unsaturated/α-hetero) is 1. The Morgan fingerprint density at radius 3 is 1.27 bits per heavy atom. The number of carbonyl (C=O) groups is 3. The zero-order chi connectivity index (χ0) is 41.0. The summed E-state index contributed by atoms with van der Waals surface area (Å²) in [5.74, 6) is 4.00.